The molecule has 3 N–H and O–H groups in total. The molecule has 1 aromatic heterocycles. The van der Waals surface area contributed by atoms with Gasteiger partial charge in [-0.3, -0.25) is 4.79 Å². The minimum Gasteiger partial charge on any atom is -0.480 e. The van der Waals surface area contributed by atoms with Gasteiger partial charge in [0, 0.05) is 18.4 Å². The lowest BCUT2D eigenvalue weighted by atomic mass is 10.1. The number of nitrogens with two attached hydrogens (primary N) is 1. The van der Waals surface area contributed by atoms with E-state index in [2.05, 4.69) is 10.6 Å². The van der Waals surface area contributed by atoms with Crippen molar-refractivity contribution in [3.8, 4) is 0 Å². The van der Waals surface area contributed by atoms with Crippen LogP contribution in [-0.2, 0) is 24.2 Å². The van der Waals surface area contributed by atoms with Crippen molar-refractivity contribution in [2.45, 2.75) is 38.3 Å². The van der Waals surface area contributed by atoms with Crippen LogP contribution in [0, 0.1) is 0 Å². The lowest BCUT2D eigenvalue weighted by Crippen LogP contribution is -2.32. The molecule has 0 aromatic carbocycles. The minimum absolute atomic E-state index is 0.426. The predicted octanol–water partition coefficient (Wildman–Crippen LogP) is 0.779. The Bertz CT molecular complexity index is 347. The van der Waals surface area contributed by atoms with Gasteiger partial charge in [0.25, 0.3) is 0 Å². The number of carboxylic acids is 1. The Hall–Kier alpha value is -1.29. The van der Waals surface area contributed by atoms with Gasteiger partial charge < -0.3 is 15.4 Å². The van der Waals surface area contributed by atoms with Crippen LogP contribution in [0.5, 0.6) is 0 Å². The fourth-order valence-electron chi connectivity index (χ4n) is 2.08. The van der Waals surface area contributed by atoms with Crippen LogP contribution in [0.3, 0.4) is 0 Å². The topological polar surface area (TPSA) is 68.2 Å². The summed E-state index contributed by atoms with van der Waals surface area (Å²) in [5, 5.41) is 8.71. The maximum Gasteiger partial charge on any atom is 0.320 e. The van der Waals surface area contributed by atoms with Crippen LogP contribution >= 0.6 is 0 Å². The normalized spacial score (nSPS) is 17.1. The SMILES string of the molecule is NC(Cc1cc2n(c1)CCCC2)C(=O)O. The van der Waals surface area contributed by atoms with Crippen LogP contribution in [0.2, 0.25) is 0 Å². The number of hydrogen-bond acceptors (Lipinski definition) is 2. The summed E-state index contributed by atoms with van der Waals surface area (Å²) in [6.07, 6.45) is 6.01. The molecule has 1 atom stereocenters. The fraction of sp³-hybridized carbons (Fsp3) is 0.545. The smallest absolute Gasteiger partial charge is 0.320 e. The molecule has 1 aliphatic rings. The van der Waals surface area contributed by atoms with E-state index in [4.69, 9.17) is 10.8 Å². The monoisotopic (exact) mass is 208 g/mol. The molecule has 2 rings (SSSR count). The highest BCUT2D eigenvalue weighted by Gasteiger charge is 2.15. The standard InChI is InChI=1S/C11H16N2O2/c12-10(11(14)15)6-8-5-9-3-1-2-4-13(9)7-8/h5,7,10H,1-4,6,12H2,(H,14,15). The summed E-state index contributed by atoms with van der Waals surface area (Å²) in [7, 11) is 0. The van der Waals surface area contributed by atoms with E-state index in [0.717, 1.165) is 18.5 Å². The first-order valence-corrected chi connectivity index (χ1v) is 5.33. The summed E-state index contributed by atoms with van der Waals surface area (Å²) >= 11 is 0. The summed E-state index contributed by atoms with van der Waals surface area (Å²) in [6.45, 7) is 1.05. The van der Waals surface area contributed by atoms with Crippen molar-refractivity contribution in [2.75, 3.05) is 0 Å². The van der Waals surface area contributed by atoms with Crippen molar-refractivity contribution in [3.05, 3.63) is 23.5 Å². The zero-order valence-electron chi connectivity index (χ0n) is 8.65. The van der Waals surface area contributed by atoms with Gasteiger partial charge in [0.05, 0.1) is 0 Å². The molecule has 1 aromatic rings. The lowest BCUT2D eigenvalue weighted by molar-refractivity contribution is -0.138. The first-order valence-electron chi connectivity index (χ1n) is 5.33. The Morgan fingerprint density at radius 3 is 3.07 bits per heavy atom. The third-order valence-electron chi connectivity index (χ3n) is 2.90. The van der Waals surface area contributed by atoms with Crippen molar-refractivity contribution < 1.29 is 9.90 Å². The second-order valence-corrected chi connectivity index (χ2v) is 4.14. The molecule has 1 unspecified atom stereocenters. The molecule has 4 heteroatoms. The van der Waals surface area contributed by atoms with Gasteiger partial charge in [-0.25, -0.2) is 0 Å². The third-order valence-corrected chi connectivity index (χ3v) is 2.90. The molecule has 0 fully saturated rings. The van der Waals surface area contributed by atoms with Crippen LogP contribution < -0.4 is 5.73 Å². The third kappa shape index (κ3) is 2.21. The molecule has 15 heavy (non-hydrogen) atoms. The van der Waals surface area contributed by atoms with Crippen LogP contribution in [0.25, 0.3) is 0 Å². The molecule has 0 aliphatic carbocycles. The molecule has 0 saturated heterocycles. The summed E-state index contributed by atoms with van der Waals surface area (Å²) in [6, 6.07) is 1.30. The molecule has 1 aliphatic heterocycles. The van der Waals surface area contributed by atoms with E-state index in [1.807, 2.05) is 6.20 Å². The number of aromatic nitrogens is 1. The number of rotatable bonds is 3. The van der Waals surface area contributed by atoms with Crippen molar-refractivity contribution in [1.82, 2.24) is 4.57 Å². The largest absolute Gasteiger partial charge is 0.480 e. The number of aryl methyl sites for hydroxylation is 2. The summed E-state index contributed by atoms with van der Waals surface area (Å²) < 4.78 is 2.22. The number of fused-ring (bicyclic) bond motifs is 1. The first-order chi connectivity index (χ1) is 7.16. The van der Waals surface area contributed by atoms with Gasteiger partial charge >= 0.3 is 5.97 Å². The van der Waals surface area contributed by atoms with Crippen LogP contribution in [0.4, 0.5) is 0 Å². The molecule has 0 saturated carbocycles. The molecule has 0 amide bonds. The lowest BCUT2D eigenvalue weighted by Gasteiger charge is -2.13. The van der Waals surface area contributed by atoms with Gasteiger partial charge in [-0.15, -0.1) is 0 Å². The zero-order valence-corrected chi connectivity index (χ0v) is 8.65. The maximum absolute atomic E-state index is 10.6. The second kappa shape index (κ2) is 4.06. The number of carbonyl (C=O) groups is 1. The van der Waals surface area contributed by atoms with Crippen molar-refractivity contribution >= 4 is 5.97 Å². The Labute approximate surface area is 88.7 Å². The van der Waals surface area contributed by atoms with Crippen molar-refractivity contribution in [1.29, 1.82) is 0 Å². The highest BCUT2D eigenvalue weighted by molar-refractivity contribution is 5.73. The van der Waals surface area contributed by atoms with Crippen LogP contribution in [0.1, 0.15) is 24.1 Å². The number of aliphatic carboxylic acids is 1. The van der Waals surface area contributed by atoms with Crippen LogP contribution in [0.15, 0.2) is 12.3 Å². The fourth-order valence-corrected chi connectivity index (χ4v) is 2.08. The van der Waals surface area contributed by atoms with E-state index >= 15 is 0 Å². The van der Waals surface area contributed by atoms with Gasteiger partial charge in [0.15, 0.2) is 0 Å². The molecule has 0 radical (unpaired) electrons. The average molecular weight is 208 g/mol. The first kappa shape index (κ1) is 10.2. The van der Waals surface area contributed by atoms with E-state index in [1.54, 1.807) is 0 Å². The summed E-state index contributed by atoms with van der Waals surface area (Å²) in [5.41, 5.74) is 7.85. The molecular weight excluding hydrogens is 192 g/mol. The molecule has 0 spiro atoms. The Kier molecular flexibility index (Phi) is 2.77. The highest BCUT2D eigenvalue weighted by Crippen LogP contribution is 2.18. The van der Waals surface area contributed by atoms with Gasteiger partial charge in [-0.1, -0.05) is 0 Å². The van der Waals surface area contributed by atoms with E-state index in [0.29, 0.717) is 6.42 Å². The maximum atomic E-state index is 10.6. The van der Waals surface area contributed by atoms with Gasteiger partial charge in [-0.2, -0.15) is 0 Å². The van der Waals surface area contributed by atoms with Gasteiger partial charge in [0.1, 0.15) is 6.04 Å². The van der Waals surface area contributed by atoms with Gasteiger partial charge in [0.2, 0.25) is 0 Å². The van der Waals surface area contributed by atoms with Crippen molar-refractivity contribution in [2.24, 2.45) is 5.73 Å². The van der Waals surface area contributed by atoms with E-state index in [1.165, 1.54) is 18.5 Å². The molecule has 2 heterocycles. The van der Waals surface area contributed by atoms with Crippen LogP contribution in [-0.4, -0.2) is 21.7 Å². The second-order valence-electron chi connectivity index (χ2n) is 4.14. The average Bonchev–Trinajstić information content (AvgIpc) is 2.59. The molecular formula is C11H16N2O2. The number of carboxylic acid groups (broad SMARTS) is 1. The Balaban J connectivity index is 2.09. The van der Waals surface area contributed by atoms with Gasteiger partial charge in [-0.05, 0) is 37.3 Å². The molecule has 82 valence electrons. The highest BCUT2D eigenvalue weighted by atomic mass is 16.4. The summed E-state index contributed by atoms with van der Waals surface area (Å²) in [4.78, 5) is 10.6. The van der Waals surface area contributed by atoms with E-state index in [-0.39, 0.29) is 0 Å². The number of hydrogen-bond donors (Lipinski definition) is 2. The molecule has 0 bridgehead atoms. The minimum atomic E-state index is -0.931. The van der Waals surface area contributed by atoms with E-state index < -0.39 is 12.0 Å². The van der Waals surface area contributed by atoms with E-state index in [9.17, 15) is 4.79 Å². The molecule has 4 nitrogen and oxygen atoms in total. The summed E-state index contributed by atoms with van der Waals surface area (Å²) in [5.74, 6) is -0.931. The quantitative estimate of drug-likeness (QED) is 0.771. The Morgan fingerprint density at radius 2 is 2.40 bits per heavy atom. The zero-order chi connectivity index (χ0) is 10.8. The Morgan fingerprint density at radius 1 is 1.60 bits per heavy atom. The predicted molar refractivity (Wildman–Crippen MR) is 56.7 cm³/mol. The number of nitrogens with zero attached hydrogens (tertiary/aromatic N) is 1. The van der Waals surface area contributed by atoms with Crippen molar-refractivity contribution in [3.63, 3.8) is 0 Å².